The van der Waals surface area contributed by atoms with Gasteiger partial charge < -0.3 is 45.6 Å². The van der Waals surface area contributed by atoms with Gasteiger partial charge in [0.25, 0.3) is 5.91 Å². The number of ether oxygens (including phenoxy) is 1. The lowest BCUT2D eigenvalue weighted by atomic mass is 9.77. The van der Waals surface area contributed by atoms with Crippen molar-refractivity contribution >= 4 is 23.4 Å². The summed E-state index contributed by atoms with van der Waals surface area (Å²) in [6, 6.07) is 38.7. The van der Waals surface area contributed by atoms with Crippen molar-refractivity contribution < 1.29 is 50.0 Å². The number of aliphatic hydroxyl groups excluding tert-OH is 6. The fourth-order valence-corrected chi connectivity index (χ4v) is 7.63. The highest BCUT2D eigenvalue weighted by Gasteiger charge is 2.48. The minimum absolute atomic E-state index is 0.0305. The second-order valence-corrected chi connectivity index (χ2v) is 15.9. The molecule has 0 aromatic heterocycles. The molecule has 0 saturated carbocycles. The molecule has 0 bridgehead atoms. The summed E-state index contributed by atoms with van der Waals surface area (Å²) in [5, 5.41) is 61.6. The zero-order valence-electron chi connectivity index (χ0n) is 34.7. The van der Waals surface area contributed by atoms with Crippen LogP contribution in [0.1, 0.15) is 81.0 Å². The van der Waals surface area contributed by atoms with Gasteiger partial charge in [-0.05, 0) is 103 Å². The van der Waals surface area contributed by atoms with Crippen molar-refractivity contribution in [2.24, 2.45) is 5.92 Å². The fourth-order valence-electron chi connectivity index (χ4n) is 7.63. The Kier molecular flexibility index (Phi) is 15.1. The Balaban J connectivity index is 1.02. The number of methoxy groups -OCH3 is 1. The number of hydrogen-bond donors (Lipinski definition) is 8. The van der Waals surface area contributed by atoms with Crippen molar-refractivity contribution in [2.75, 3.05) is 25.2 Å². The molecule has 61 heavy (non-hydrogen) atoms. The van der Waals surface area contributed by atoms with Crippen LogP contribution in [0.25, 0.3) is 0 Å². The van der Waals surface area contributed by atoms with E-state index in [1.165, 1.54) is 11.1 Å². The molecule has 7 unspecified atom stereocenters. The SMILES string of the molecule is COc1ccc(C2C(CCC(C)c3ccc(C)cc3)C(=O)N2c2ccc(C[NH+]=C(O)c3ccc(Cc4ccc(C(=O)NCC(O)C(O)C(O)C(O)CO)cc4)cc3)cc2)cc1. The average molecular weight is 831 g/mol. The Morgan fingerprint density at radius 2 is 1.34 bits per heavy atom. The second-order valence-electron chi connectivity index (χ2n) is 15.9. The number of nitrogens with zero attached hydrogens (tertiary/aromatic N) is 1. The topological polar surface area (TPSA) is 194 Å². The fraction of sp³-hybridized carbons (Fsp3) is 0.327. The Morgan fingerprint density at radius 3 is 1.93 bits per heavy atom. The van der Waals surface area contributed by atoms with E-state index in [0.717, 1.165) is 46.5 Å². The van der Waals surface area contributed by atoms with Crippen molar-refractivity contribution in [3.63, 3.8) is 0 Å². The average Bonchev–Trinajstić information content (AvgIpc) is 3.29. The number of carbonyl (C=O) groups excluding carboxylic acids is 2. The summed E-state index contributed by atoms with van der Waals surface area (Å²) in [6.45, 7) is 3.51. The number of aryl methyl sites for hydroxylation is 1. The predicted molar refractivity (Wildman–Crippen MR) is 233 cm³/mol. The van der Waals surface area contributed by atoms with Gasteiger partial charge in [0.05, 0.1) is 37.3 Å². The molecule has 320 valence electrons. The largest absolute Gasteiger partial charge is 0.497 e. The number of nitrogens with one attached hydrogen (secondary N) is 2. The third-order valence-corrected chi connectivity index (χ3v) is 11.6. The Hall–Kier alpha value is -5.89. The summed E-state index contributed by atoms with van der Waals surface area (Å²) in [7, 11) is 1.64. The van der Waals surface area contributed by atoms with Crippen LogP contribution in [0, 0.1) is 12.8 Å². The highest BCUT2D eigenvalue weighted by molar-refractivity contribution is 6.03. The van der Waals surface area contributed by atoms with Crippen molar-refractivity contribution in [1.29, 1.82) is 0 Å². The first-order valence-electron chi connectivity index (χ1n) is 20.6. The molecule has 1 heterocycles. The van der Waals surface area contributed by atoms with E-state index in [0.29, 0.717) is 30.0 Å². The molecule has 8 N–H and O–H groups in total. The van der Waals surface area contributed by atoms with E-state index in [2.05, 4.69) is 48.4 Å². The third-order valence-electron chi connectivity index (χ3n) is 11.6. The van der Waals surface area contributed by atoms with Gasteiger partial charge >= 0.3 is 5.90 Å². The number of hydrogen-bond acceptors (Lipinski definition) is 8. The van der Waals surface area contributed by atoms with Gasteiger partial charge in [-0.3, -0.25) is 9.59 Å². The van der Waals surface area contributed by atoms with Crippen LogP contribution >= 0.6 is 0 Å². The van der Waals surface area contributed by atoms with Gasteiger partial charge in [-0.1, -0.05) is 85.3 Å². The number of anilines is 1. The smallest absolute Gasteiger partial charge is 0.366 e. The van der Waals surface area contributed by atoms with E-state index in [9.17, 15) is 35.1 Å². The second kappa shape index (κ2) is 20.6. The van der Waals surface area contributed by atoms with E-state index in [1.807, 2.05) is 77.7 Å². The normalized spacial score (nSPS) is 17.8. The quantitative estimate of drug-likeness (QED) is 0.0349. The molecule has 1 fully saturated rings. The molecule has 1 saturated heterocycles. The third kappa shape index (κ3) is 11.1. The van der Waals surface area contributed by atoms with Crippen LogP contribution in [0.15, 0.2) is 121 Å². The molecule has 0 radical (unpaired) electrons. The van der Waals surface area contributed by atoms with E-state index in [1.54, 1.807) is 31.4 Å². The molecule has 1 aliphatic rings. The number of rotatable bonds is 19. The number of amides is 2. The first-order valence-corrected chi connectivity index (χ1v) is 20.6. The summed E-state index contributed by atoms with van der Waals surface area (Å²) in [6.07, 6.45) is -4.47. The molecule has 0 aliphatic carbocycles. The maximum absolute atomic E-state index is 13.8. The van der Waals surface area contributed by atoms with Crippen molar-refractivity contribution in [1.82, 2.24) is 5.32 Å². The maximum Gasteiger partial charge on any atom is 0.366 e. The van der Waals surface area contributed by atoms with Crippen LogP contribution in [0.2, 0.25) is 0 Å². The number of benzene rings is 5. The van der Waals surface area contributed by atoms with E-state index < -0.39 is 36.9 Å². The summed E-state index contributed by atoms with van der Waals surface area (Å²) >= 11 is 0. The van der Waals surface area contributed by atoms with Gasteiger partial charge in [-0.15, -0.1) is 0 Å². The van der Waals surface area contributed by atoms with Gasteiger partial charge in [-0.2, -0.15) is 0 Å². The van der Waals surface area contributed by atoms with Gasteiger partial charge in [0.1, 0.15) is 24.1 Å². The summed E-state index contributed by atoms with van der Waals surface area (Å²) in [5.74, 6) is 0.620. The molecular weight excluding hydrogens is 775 g/mol. The number of carbonyl (C=O) groups is 2. The van der Waals surface area contributed by atoms with Crippen LogP contribution in [-0.4, -0.2) is 93.0 Å². The lowest BCUT2D eigenvalue weighted by Crippen LogP contribution is -2.71. The lowest BCUT2D eigenvalue weighted by Gasteiger charge is -2.48. The maximum atomic E-state index is 13.8. The highest BCUT2D eigenvalue weighted by atomic mass is 16.5. The van der Waals surface area contributed by atoms with Gasteiger partial charge in [0.2, 0.25) is 5.91 Å². The van der Waals surface area contributed by atoms with Crippen molar-refractivity contribution in [3.8, 4) is 5.75 Å². The highest BCUT2D eigenvalue weighted by Crippen LogP contribution is 2.46. The van der Waals surface area contributed by atoms with Crippen LogP contribution in [0.5, 0.6) is 5.75 Å². The monoisotopic (exact) mass is 830 g/mol. The number of aliphatic hydroxyl groups is 6. The van der Waals surface area contributed by atoms with Crippen molar-refractivity contribution in [2.45, 2.75) is 76.0 Å². The van der Waals surface area contributed by atoms with E-state index in [-0.39, 0.29) is 30.3 Å². The molecule has 5 aromatic rings. The molecular formula is C49H56N3O9+. The summed E-state index contributed by atoms with van der Waals surface area (Å²) in [4.78, 5) is 31.4. The molecule has 6 rings (SSSR count). The molecule has 12 heteroatoms. The van der Waals surface area contributed by atoms with E-state index in [4.69, 9.17) is 9.84 Å². The van der Waals surface area contributed by atoms with Crippen LogP contribution in [0.4, 0.5) is 5.69 Å². The molecule has 5 aromatic carbocycles. The van der Waals surface area contributed by atoms with Crippen LogP contribution in [0.3, 0.4) is 0 Å². The zero-order valence-corrected chi connectivity index (χ0v) is 34.7. The Labute approximate surface area is 356 Å². The summed E-state index contributed by atoms with van der Waals surface area (Å²) in [5.41, 5.74) is 8.21. The molecule has 1 aliphatic heterocycles. The standard InChI is InChI=1S/C49H55N3O9/c1-30-4-13-35(14-5-30)31(2)6-25-41-44(36-19-23-40(61-3)24-20-36)52(49(41)60)39-21-11-34(12-22-39)27-50-47(58)37-15-7-32(8-16-37)26-33-9-17-38(18-10-33)48(59)51-28-42(54)45(56)46(57)43(55)29-53/h4-5,7-24,31,41-46,53-57H,6,25-29H2,1-3H3,(H,50,58)(H,51,59)/p+1. The lowest BCUT2D eigenvalue weighted by molar-refractivity contribution is -0.483. The Bertz CT molecular complexity index is 2230. The molecule has 12 nitrogen and oxygen atoms in total. The van der Waals surface area contributed by atoms with Gasteiger partial charge in [0, 0.05) is 23.4 Å². The first-order chi connectivity index (χ1) is 29.4. The van der Waals surface area contributed by atoms with Gasteiger partial charge in [-0.25, -0.2) is 4.99 Å². The minimum Gasteiger partial charge on any atom is -0.497 e. The molecule has 7 atom stereocenters. The number of β-lactam (4-membered cyclic amide) rings is 1. The van der Waals surface area contributed by atoms with Crippen LogP contribution < -0.4 is 19.9 Å². The van der Waals surface area contributed by atoms with Gasteiger partial charge in [0.15, 0.2) is 6.54 Å². The molecule has 2 amide bonds. The van der Waals surface area contributed by atoms with E-state index >= 15 is 0 Å². The molecule has 0 spiro atoms. The van der Waals surface area contributed by atoms with Crippen LogP contribution in [-0.2, 0) is 17.8 Å². The Morgan fingerprint density at radius 1 is 0.770 bits per heavy atom. The van der Waals surface area contributed by atoms with Crippen molar-refractivity contribution in [3.05, 3.63) is 166 Å². The minimum atomic E-state index is -1.78. The zero-order chi connectivity index (χ0) is 43.6. The first kappa shape index (κ1) is 44.7. The summed E-state index contributed by atoms with van der Waals surface area (Å²) < 4.78 is 5.40. The predicted octanol–water partition coefficient (Wildman–Crippen LogP) is 3.63.